The molecule has 1 fully saturated rings. The van der Waals surface area contributed by atoms with E-state index in [1.807, 2.05) is 0 Å². The maximum atomic E-state index is 14.1. The Balaban J connectivity index is 0.00000225. The van der Waals surface area contributed by atoms with E-state index in [0.717, 1.165) is 31.7 Å². The lowest BCUT2D eigenvalue weighted by Gasteiger charge is -2.17. The van der Waals surface area contributed by atoms with E-state index in [4.69, 9.17) is 10.3 Å². The molecule has 1 aliphatic rings. The van der Waals surface area contributed by atoms with Gasteiger partial charge in [-0.05, 0) is 31.0 Å². The van der Waals surface area contributed by atoms with Gasteiger partial charge in [-0.25, -0.2) is 17.5 Å². The van der Waals surface area contributed by atoms with Crippen LogP contribution in [0.2, 0.25) is 0 Å². The van der Waals surface area contributed by atoms with Crippen LogP contribution in [0, 0.1) is 5.82 Å². The van der Waals surface area contributed by atoms with Crippen LogP contribution in [0.25, 0.3) is 11.5 Å². The van der Waals surface area contributed by atoms with Crippen molar-refractivity contribution in [2.24, 2.45) is 5.73 Å². The first-order chi connectivity index (χ1) is 11.4. The topological polar surface area (TPSA) is 111 Å². The second kappa shape index (κ2) is 7.36. The van der Waals surface area contributed by atoms with Crippen LogP contribution in [-0.2, 0) is 15.6 Å². The van der Waals surface area contributed by atoms with Crippen LogP contribution in [0.5, 0.6) is 0 Å². The first kappa shape index (κ1) is 19.8. The number of halogens is 2. The molecule has 7 nitrogen and oxygen atoms in total. The van der Waals surface area contributed by atoms with Crippen molar-refractivity contribution in [3.8, 4) is 11.5 Å². The molecule has 0 radical (unpaired) electrons. The summed E-state index contributed by atoms with van der Waals surface area (Å²) in [6.45, 7) is 1.89. The fourth-order valence-corrected chi connectivity index (χ4v) is 3.94. The first-order valence-corrected chi connectivity index (χ1v) is 9.27. The van der Waals surface area contributed by atoms with E-state index in [1.165, 1.54) is 12.1 Å². The first-order valence-electron chi connectivity index (χ1n) is 7.78. The van der Waals surface area contributed by atoms with Crippen LogP contribution >= 0.6 is 12.4 Å². The molecule has 0 bridgehead atoms. The monoisotopic (exact) mass is 390 g/mol. The molecule has 25 heavy (non-hydrogen) atoms. The number of nitrogens with two attached hydrogens (primary N) is 1. The molecular formula is C15H20ClFN4O3S. The van der Waals surface area contributed by atoms with Gasteiger partial charge in [0.25, 0.3) is 5.89 Å². The summed E-state index contributed by atoms with van der Waals surface area (Å²) in [6, 6.07) is 3.44. The van der Waals surface area contributed by atoms with Gasteiger partial charge in [-0.2, -0.15) is 4.98 Å². The zero-order chi connectivity index (χ0) is 17.4. The van der Waals surface area contributed by atoms with Gasteiger partial charge in [0.05, 0.1) is 16.0 Å². The summed E-state index contributed by atoms with van der Waals surface area (Å²) in [5.74, 6) is -0.389. The lowest BCUT2D eigenvalue weighted by molar-refractivity contribution is 0.372. The van der Waals surface area contributed by atoms with Crippen molar-refractivity contribution in [3.05, 3.63) is 29.8 Å². The summed E-state index contributed by atoms with van der Waals surface area (Å²) in [4.78, 5) is 4.14. The number of aromatic nitrogens is 2. The molecule has 1 saturated carbocycles. The van der Waals surface area contributed by atoms with Gasteiger partial charge in [-0.1, -0.05) is 24.9 Å². The van der Waals surface area contributed by atoms with Crippen LogP contribution in [-0.4, -0.2) is 25.1 Å². The zero-order valence-electron chi connectivity index (χ0n) is 13.7. The fraction of sp³-hybridized carbons (Fsp3) is 0.467. The zero-order valence-corrected chi connectivity index (χ0v) is 15.3. The molecule has 3 N–H and O–H groups in total. The van der Waals surface area contributed by atoms with Crippen LogP contribution in [0.15, 0.2) is 27.6 Å². The number of hydrogen-bond acceptors (Lipinski definition) is 6. The van der Waals surface area contributed by atoms with Gasteiger partial charge < -0.3 is 10.3 Å². The third-order valence-corrected chi connectivity index (χ3v) is 5.72. The SMILES string of the molecule is CCNS(=O)(=O)c1ccc(F)c(-c2nc(C3(N)CCCC3)no2)c1.Cl. The summed E-state index contributed by atoms with van der Waals surface area (Å²) in [6.07, 6.45) is 3.43. The molecule has 0 amide bonds. The Morgan fingerprint density at radius 2 is 2.04 bits per heavy atom. The van der Waals surface area contributed by atoms with E-state index < -0.39 is 21.4 Å². The van der Waals surface area contributed by atoms with Crippen molar-refractivity contribution >= 4 is 22.4 Å². The Kier molecular flexibility index (Phi) is 5.82. The second-order valence-corrected chi connectivity index (χ2v) is 7.70. The van der Waals surface area contributed by atoms with Crippen molar-refractivity contribution in [3.63, 3.8) is 0 Å². The maximum Gasteiger partial charge on any atom is 0.261 e. The molecular weight excluding hydrogens is 371 g/mol. The number of sulfonamides is 1. The highest BCUT2D eigenvalue weighted by atomic mass is 35.5. The minimum absolute atomic E-state index is 0. The fourth-order valence-electron chi connectivity index (χ4n) is 2.87. The lowest BCUT2D eigenvalue weighted by Crippen LogP contribution is -2.34. The second-order valence-electron chi connectivity index (χ2n) is 5.93. The number of nitrogens with one attached hydrogen (secondary N) is 1. The van der Waals surface area contributed by atoms with Crippen LogP contribution in [0.3, 0.4) is 0 Å². The van der Waals surface area contributed by atoms with E-state index in [9.17, 15) is 12.8 Å². The van der Waals surface area contributed by atoms with Crippen molar-refractivity contribution in [1.82, 2.24) is 14.9 Å². The minimum atomic E-state index is -3.71. The van der Waals surface area contributed by atoms with Gasteiger partial charge in [0.2, 0.25) is 10.0 Å². The molecule has 1 aliphatic carbocycles. The molecule has 0 atom stereocenters. The van der Waals surface area contributed by atoms with Crippen LogP contribution < -0.4 is 10.5 Å². The smallest absolute Gasteiger partial charge is 0.261 e. The predicted octanol–water partition coefficient (Wildman–Crippen LogP) is 2.32. The van der Waals surface area contributed by atoms with Gasteiger partial charge in [0, 0.05) is 6.54 Å². The third-order valence-electron chi connectivity index (χ3n) is 4.18. The minimum Gasteiger partial charge on any atom is -0.334 e. The largest absolute Gasteiger partial charge is 0.334 e. The molecule has 3 rings (SSSR count). The number of nitrogens with zero attached hydrogens (tertiary/aromatic N) is 2. The summed E-state index contributed by atoms with van der Waals surface area (Å²) in [7, 11) is -3.71. The maximum absolute atomic E-state index is 14.1. The van der Waals surface area contributed by atoms with E-state index in [1.54, 1.807) is 6.92 Å². The molecule has 10 heteroatoms. The summed E-state index contributed by atoms with van der Waals surface area (Å²) in [5, 5.41) is 3.87. The number of rotatable bonds is 5. The molecule has 0 spiro atoms. The summed E-state index contributed by atoms with van der Waals surface area (Å²) >= 11 is 0. The average Bonchev–Trinajstić information content (AvgIpc) is 3.17. The highest BCUT2D eigenvalue weighted by Gasteiger charge is 2.36. The predicted molar refractivity (Wildman–Crippen MR) is 92.1 cm³/mol. The molecule has 138 valence electrons. The van der Waals surface area contributed by atoms with E-state index in [-0.39, 0.29) is 35.3 Å². The molecule has 1 heterocycles. The van der Waals surface area contributed by atoms with Crippen LogP contribution in [0.1, 0.15) is 38.4 Å². The number of benzene rings is 1. The third kappa shape index (κ3) is 3.84. The molecule has 1 aromatic heterocycles. The molecule has 2 aromatic rings. The normalized spacial score (nSPS) is 16.6. The van der Waals surface area contributed by atoms with Crippen molar-refractivity contribution in [2.45, 2.75) is 43.0 Å². The molecule has 0 unspecified atom stereocenters. The molecule has 0 saturated heterocycles. The van der Waals surface area contributed by atoms with Crippen molar-refractivity contribution in [1.29, 1.82) is 0 Å². The quantitative estimate of drug-likeness (QED) is 0.810. The van der Waals surface area contributed by atoms with Gasteiger partial charge in [0.1, 0.15) is 5.82 Å². The molecule has 0 aliphatic heterocycles. The average molecular weight is 391 g/mol. The Morgan fingerprint density at radius 1 is 1.36 bits per heavy atom. The summed E-state index contributed by atoms with van der Waals surface area (Å²) in [5.41, 5.74) is 5.54. The Bertz CT molecular complexity index is 850. The van der Waals surface area contributed by atoms with E-state index >= 15 is 0 Å². The highest BCUT2D eigenvalue weighted by Crippen LogP contribution is 2.35. The molecule has 1 aromatic carbocycles. The van der Waals surface area contributed by atoms with Crippen molar-refractivity contribution in [2.75, 3.05) is 6.54 Å². The Labute approximate surface area is 151 Å². The van der Waals surface area contributed by atoms with Gasteiger partial charge in [-0.15, -0.1) is 12.4 Å². The summed E-state index contributed by atoms with van der Waals surface area (Å²) < 4.78 is 45.8. The standard InChI is InChI=1S/C15H19FN4O3S.ClH/c1-2-18-24(21,22)10-5-6-12(16)11(9-10)13-19-14(20-23-13)15(17)7-3-4-8-15;/h5-6,9,18H,2-4,7-8,17H2,1H3;1H. The van der Waals surface area contributed by atoms with Crippen molar-refractivity contribution < 1.29 is 17.3 Å². The van der Waals surface area contributed by atoms with Gasteiger partial charge in [0.15, 0.2) is 5.82 Å². The highest BCUT2D eigenvalue weighted by molar-refractivity contribution is 7.89. The number of hydrogen-bond donors (Lipinski definition) is 2. The van der Waals surface area contributed by atoms with E-state index in [2.05, 4.69) is 14.9 Å². The van der Waals surface area contributed by atoms with Gasteiger partial charge in [-0.3, -0.25) is 0 Å². The van der Waals surface area contributed by atoms with Gasteiger partial charge >= 0.3 is 0 Å². The Morgan fingerprint density at radius 3 is 2.68 bits per heavy atom. The Hall–Kier alpha value is -1.55. The van der Waals surface area contributed by atoms with E-state index in [0.29, 0.717) is 5.82 Å². The lowest BCUT2D eigenvalue weighted by atomic mass is 9.99. The van der Waals surface area contributed by atoms with Crippen LogP contribution in [0.4, 0.5) is 4.39 Å².